The molecule has 3 aromatic heterocycles. The molecule has 5 rings (SSSR count). The van der Waals surface area contributed by atoms with Crippen LogP contribution in [0.5, 0.6) is 0 Å². The predicted octanol–water partition coefficient (Wildman–Crippen LogP) is 4.16. The summed E-state index contributed by atoms with van der Waals surface area (Å²) in [5.41, 5.74) is 3.66. The van der Waals surface area contributed by atoms with Gasteiger partial charge in [-0.05, 0) is 37.2 Å². The van der Waals surface area contributed by atoms with E-state index in [0.717, 1.165) is 65.5 Å². The maximum absolute atomic E-state index is 12.9. The quantitative estimate of drug-likeness (QED) is 0.349. The number of carbonyl (C=O) groups is 1. The first-order valence-electron chi connectivity index (χ1n) is 11.6. The van der Waals surface area contributed by atoms with Gasteiger partial charge in [0.05, 0.1) is 11.4 Å². The zero-order chi connectivity index (χ0) is 24.2. The first kappa shape index (κ1) is 23.7. The number of likely N-dealkylation sites (N-methyl/N-ethyl adjacent to an activating group) is 1. The summed E-state index contributed by atoms with van der Waals surface area (Å²) in [4.78, 5) is 26.0. The van der Waals surface area contributed by atoms with E-state index in [9.17, 15) is 4.79 Å². The third-order valence-corrected chi connectivity index (χ3v) is 8.10. The van der Waals surface area contributed by atoms with Gasteiger partial charge in [-0.3, -0.25) is 14.3 Å². The van der Waals surface area contributed by atoms with Crippen molar-refractivity contribution in [2.24, 2.45) is 0 Å². The van der Waals surface area contributed by atoms with Crippen molar-refractivity contribution >= 4 is 29.0 Å². The summed E-state index contributed by atoms with van der Waals surface area (Å²) in [6.07, 6.45) is 3.52. The second-order valence-electron chi connectivity index (χ2n) is 8.31. The number of aryl methyl sites for hydroxylation is 1. The summed E-state index contributed by atoms with van der Waals surface area (Å²) >= 11 is 3.09. The second-order valence-corrected chi connectivity index (χ2v) is 10.2. The highest BCUT2D eigenvalue weighted by atomic mass is 32.2. The van der Waals surface area contributed by atoms with Crippen molar-refractivity contribution < 1.29 is 4.79 Å². The van der Waals surface area contributed by atoms with E-state index in [1.165, 1.54) is 11.3 Å². The van der Waals surface area contributed by atoms with Crippen LogP contribution in [0, 0.1) is 6.92 Å². The van der Waals surface area contributed by atoms with Gasteiger partial charge in [0.15, 0.2) is 11.0 Å². The van der Waals surface area contributed by atoms with E-state index in [1.807, 2.05) is 34.5 Å². The lowest BCUT2D eigenvalue weighted by molar-refractivity contribution is 0.0638. The summed E-state index contributed by atoms with van der Waals surface area (Å²) < 4.78 is 2.09. The first-order chi connectivity index (χ1) is 17.1. The Morgan fingerprint density at radius 2 is 1.83 bits per heavy atom. The SMILES string of the molecule is CCN1CCN(C(=O)c2csc(CSc3nnc(-c4ccncc4)n3-c3ccccc3C)n2)CC1. The molecule has 10 heteroatoms. The van der Waals surface area contributed by atoms with Crippen LogP contribution in [-0.2, 0) is 5.75 Å². The van der Waals surface area contributed by atoms with Crippen molar-refractivity contribution in [3.8, 4) is 17.1 Å². The molecule has 1 saturated heterocycles. The molecule has 0 bridgehead atoms. The van der Waals surface area contributed by atoms with Crippen LogP contribution in [0.4, 0.5) is 0 Å². The molecule has 0 saturated carbocycles. The molecule has 0 radical (unpaired) electrons. The number of piperazine rings is 1. The summed E-state index contributed by atoms with van der Waals surface area (Å²) in [7, 11) is 0. The van der Waals surface area contributed by atoms with E-state index in [1.54, 1.807) is 24.2 Å². The smallest absolute Gasteiger partial charge is 0.273 e. The summed E-state index contributed by atoms with van der Waals surface area (Å²) in [5, 5.41) is 12.6. The third kappa shape index (κ3) is 5.14. The number of aromatic nitrogens is 5. The van der Waals surface area contributed by atoms with Crippen molar-refractivity contribution in [2.75, 3.05) is 32.7 Å². The number of thiazole rings is 1. The zero-order valence-corrected chi connectivity index (χ0v) is 21.4. The second kappa shape index (κ2) is 10.7. The van der Waals surface area contributed by atoms with Gasteiger partial charge in [-0.1, -0.05) is 36.9 Å². The Labute approximate surface area is 213 Å². The van der Waals surface area contributed by atoms with Gasteiger partial charge in [0.25, 0.3) is 5.91 Å². The average Bonchev–Trinajstić information content (AvgIpc) is 3.55. The number of amides is 1. The summed E-state index contributed by atoms with van der Waals surface area (Å²) in [6.45, 7) is 8.61. The minimum absolute atomic E-state index is 0.0244. The minimum Gasteiger partial charge on any atom is -0.335 e. The van der Waals surface area contributed by atoms with Gasteiger partial charge in [-0.25, -0.2) is 4.98 Å². The van der Waals surface area contributed by atoms with Crippen LogP contribution in [0.15, 0.2) is 59.3 Å². The fourth-order valence-electron chi connectivity index (χ4n) is 4.11. The van der Waals surface area contributed by atoms with E-state index >= 15 is 0 Å². The molecule has 1 aliphatic rings. The zero-order valence-electron chi connectivity index (χ0n) is 19.8. The predicted molar refractivity (Wildman–Crippen MR) is 139 cm³/mol. The number of rotatable bonds is 7. The highest BCUT2D eigenvalue weighted by molar-refractivity contribution is 7.98. The van der Waals surface area contributed by atoms with Crippen molar-refractivity contribution in [2.45, 2.75) is 24.8 Å². The van der Waals surface area contributed by atoms with Crippen molar-refractivity contribution in [3.05, 3.63) is 70.4 Å². The molecule has 4 heterocycles. The number of thioether (sulfide) groups is 1. The summed E-state index contributed by atoms with van der Waals surface area (Å²) in [6, 6.07) is 12.1. The Balaban J connectivity index is 1.35. The lowest BCUT2D eigenvalue weighted by atomic mass is 10.2. The largest absolute Gasteiger partial charge is 0.335 e. The average molecular weight is 506 g/mol. The van der Waals surface area contributed by atoms with Gasteiger partial charge in [-0.15, -0.1) is 21.5 Å². The molecule has 8 nitrogen and oxygen atoms in total. The molecule has 180 valence electrons. The molecule has 0 unspecified atom stereocenters. The van der Waals surface area contributed by atoms with E-state index < -0.39 is 0 Å². The third-order valence-electron chi connectivity index (χ3n) is 6.13. The Morgan fingerprint density at radius 3 is 2.57 bits per heavy atom. The summed E-state index contributed by atoms with van der Waals surface area (Å²) in [5.74, 6) is 1.41. The van der Waals surface area contributed by atoms with Crippen LogP contribution in [0.2, 0.25) is 0 Å². The van der Waals surface area contributed by atoms with E-state index in [0.29, 0.717) is 11.4 Å². The molecular formula is C25H27N7OS2. The molecule has 4 aromatic rings. The molecular weight excluding hydrogens is 478 g/mol. The highest BCUT2D eigenvalue weighted by Gasteiger charge is 2.24. The van der Waals surface area contributed by atoms with Crippen LogP contribution in [0.1, 0.15) is 28.0 Å². The maximum Gasteiger partial charge on any atom is 0.273 e. The Hall–Kier alpha value is -3.08. The fraction of sp³-hybridized carbons (Fsp3) is 0.320. The monoisotopic (exact) mass is 505 g/mol. The molecule has 1 aromatic carbocycles. The molecule has 0 N–H and O–H groups in total. The number of pyridine rings is 1. The number of nitrogens with zero attached hydrogens (tertiary/aromatic N) is 7. The number of benzene rings is 1. The standard InChI is InChI=1S/C25H27N7OS2/c1-3-30-12-14-31(15-13-30)24(33)20-16-34-22(27-20)17-35-25-29-28-23(19-8-10-26-11-9-19)32(25)21-7-5-4-6-18(21)2/h4-11,16H,3,12-15,17H2,1-2H3. The molecule has 0 atom stereocenters. The Kier molecular flexibility index (Phi) is 7.21. The fourth-order valence-corrected chi connectivity index (χ4v) is 5.84. The van der Waals surface area contributed by atoms with Crippen molar-refractivity contribution in [3.63, 3.8) is 0 Å². The first-order valence-corrected chi connectivity index (χ1v) is 13.5. The molecule has 0 aliphatic carbocycles. The lowest BCUT2D eigenvalue weighted by Crippen LogP contribution is -2.48. The van der Waals surface area contributed by atoms with Crippen LogP contribution < -0.4 is 0 Å². The number of hydrogen-bond acceptors (Lipinski definition) is 8. The minimum atomic E-state index is 0.0244. The normalized spacial score (nSPS) is 14.4. The highest BCUT2D eigenvalue weighted by Crippen LogP contribution is 2.31. The van der Waals surface area contributed by atoms with Gasteiger partial charge >= 0.3 is 0 Å². The lowest BCUT2D eigenvalue weighted by Gasteiger charge is -2.33. The molecule has 1 aliphatic heterocycles. The maximum atomic E-state index is 12.9. The van der Waals surface area contributed by atoms with Gasteiger partial charge in [0.1, 0.15) is 10.7 Å². The van der Waals surface area contributed by atoms with Crippen molar-refractivity contribution in [1.82, 2.24) is 34.5 Å². The van der Waals surface area contributed by atoms with E-state index in [-0.39, 0.29) is 5.91 Å². The molecule has 35 heavy (non-hydrogen) atoms. The molecule has 1 amide bonds. The topological polar surface area (TPSA) is 80.0 Å². The number of para-hydroxylation sites is 1. The van der Waals surface area contributed by atoms with Crippen LogP contribution >= 0.6 is 23.1 Å². The van der Waals surface area contributed by atoms with Gasteiger partial charge < -0.3 is 9.80 Å². The van der Waals surface area contributed by atoms with Gasteiger partial charge in [0, 0.05) is 49.5 Å². The van der Waals surface area contributed by atoms with Gasteiger partial charge in [0.2, 0.25) is 0 Å². The van der Waals surface area contributed by atoms with Crippen molar-refractivity contribution in [1.29, 1.82) is 0 Å². The van der Waals surface area contributed by atoms with Crippen LogP contribution in [0.3, 0.4) is 0 Å². The number of carbonyl (C=O) groups excluding carboxylic acids is 1. The molecule has 1 fully saturated rings. The van der Waals surface area contributed by atoms with Gasteiger partial charge in [-0.2, -0.15) is 0 Å². The van der Waals surface area contributed by atoms with Crippen LogP contribution in [-0.4, -0.2) is 73.2 Å². The molecule has 0 spiro atoms. The Morgan fingerprint density at radius 1 is 1.06 bits per heavy atom. The van der Waals surface area contributed by atoms with E-state index in [2.05, 4.69) is 55.6 Å². The van der Waals surface area contributed by atoms with Crippen LogP contribution in [0.25, 0.3) is 17.1 Å². The van der Waals surface area contributed by atoms with E-state index in [4.69, 9.17) is 0 Å². The Bertz CT molecular complexity index is 1300. The number of hydrogen-bond donors (Lipinski definition) is 0.